The van der Waals surface area contributed by atoms with Gasteiger partial charge in [-0.1, -0.05) is 154 Å². The molecule has 266 valence electrons. The zero-order valence-corrected chi connectivity index (χ0v) is 31.4. The lowest BCUT2D eigenvalue weighted by atomic mass is 10.1. The maximum atomic E-state index is 6.09. The Bertz CT molecular complexity index is 658. The Labute approximate surface area is 284 Å². The summed E-state index contributed by atoms with van der Waals surface area (Å²) in [7, 11) is 2.49. The average molecular weight is 631 g/mol. The molecule has 0 aliphatic carbocycles. The number of allylic oxidation sites excluding steroid dienone is 4. The molecule has 0 spiro atoms. The lowest BCUT2D eigenvalue weighted by Crippen LogP contribution is -2.54. The highest BCUT2D eigenvalue weighted by atomic mass is 15.5. The molecule has 1 fully saturated rings. The van der Waals surface area contributed by atoms with Crippen molar-refractivity contribution < 1.29 is 4.48 Å². The molecule has 0 aromatic rings. The lowest BCUT2D eigenvalue weighted by Gasteiger charge is -2.38. The van der Waals surface area contributed by atoms with Crippen molar-refractivity contribution in [1.82, 2.24) is 4.90 Å². The number of hydrogen-bond acceptors (Lipinski definition) is 2. The van der Waals surface area contributed by atoms with Crippen LogP contribution in [0.2, 0.25) is 0 Å². The number of quaternary nitrogens is 1. The fraction of sp³-hybridized carbons (Fsp3) is 0.905. The highest BCUT2D eigenvalue weighted by Crippen LogP contribution is 2.27. The fourth-order valence-electron chi connectivity index (χ4n) is 7.50. The number of nitrogens with zero attached hydrogens (tertiary/aromatic N) is 2. The first-order valence-electron chi connectivity index (χ1n) is 20.8. The molecular formula is C42H84N3+. The van der Waals surface area contributed by atoms with Gasteiger partial charge in [0.05, 0.1) is 26.7 Å². The molecule has 2 N–H and O–H groups in total. The van der Waals surface area contributed by atoms with Gasteiger partial charge in [0.15, 0.2) is 0 Å². The van der Waals surface area contributed by atoms with Crippen LogP contribution in [0, 0.1) is 0 Å². The van der Waals surface area contributed by atoms with E-state index in [1.165, 1.54) is 210 Å². The Morgan fingerprint density at radius 2 is 0.911 bits per heavy atom. The molecule has 0 amide bonds. The first-order valence-corrected chi connectivity index (χ1v) is 20.8. The monoisotopic (exact) mass is 631 g/mol. The van der Waals surface area contributed by atoms with Crippen molar-refractivity contribution in [3.63, 3.8) is 0 Å². The van der Waals surface area contributed by atoms with Crippen molar-refractivity contribution in [3.05, 3.63) is 24.3 Å². The molecule has 0 aromatic heterocycles. The zero-order chi connectivity index (χ0) is 32.5. The highest BCUT2D eigenvalue weighted by molar-refractivity contribution is 4.82. The Morgan fingerprint density at radius 1 is 0.533 bits per heavy atom. The molecule has 2 atom stereocenters. The SMILES string of the molecule is CCCCCCCC/C=C\CCCCCCCCC1N(CCCCCCCC/C=C\CCCCCCCC)CC[N+]1(C)CCN. The van der Waals surface area contributed by atoms with Gasteiger partial charge in [-0.2, -0.15) is 0 Å². The van der Waals surface area contributed by atoms with Crippen LogP contribution < -0.4 is 5.73 Å². The van der Waals surface area contributed by atoms with E-state index < -0.39 is 0 Å². The van der Waals surface area contributed by atoms with E-state index in [-0.39, 0.29) is 0 Å². The lowest BCUT2D eigenvalue weighted by molar-refractivity contribution is -0.925. The van der Waals surface area contributed by atoms with Crippen molar-refractivity contribution in [2.45, 2.75) is 206 Å². The van der Waals surface area contributed by atoms with Gasteiger partial charge in [0.2, 0.25) is 0 Å². The van der Waals surface area contributed by atoms with Gasteiger partial charge >= 0.3 is 0 Å². The van der Waals surface area contributed by atoms with Gasteiger partial charge in [-0.25, -0.2) is 4.90 Å². The fourth-order valence-corrected chi connectivity index (χ4v) is 7.50. The quantitative estimate of drug-likeness (QED) is 0.0435. The minimum absolute atomic E-state index is 0.702. The predicted molar refractivity (Wildman–Crippen MR) is 204 cm³/mol. The molecule has 0 bridgehead atoms. The second-order valence-electron chi connectivity index (χ2n) is 14.9. The summed E-state index contributed by atoms with van der Waals surface area (Å²) in [4.78, 5) is 2.85. The van der Waals surface area contributed by atoms with Crippen LogP contribution in [0.3, 0.4) is 0 Å². The molecule has 0 aromatic carbocycles. The van der Waals surface area contributed by atoms with Crippen molar-refractivity contribution >= 4 is 0 Å². The standard InChI is InChI=1S/C42H84N3/c1-4-6-8-10-12-14-16-18-20-22-24-26-28-30-32-34-36-42-44(39-41-45(42,3)40-37-43)38-35-33-31-29-27-25-23-21-19-17-15-13-11-9-7-5-2/h18-21,42H,4-17,22-41,43H2,1-3H3/q+1/b20-18-,21-19-. The number of hydrogen-bond donors (Lipinski definition) is 1. The van der Waals surface area contributed by atoms with Gasteiger partial charge in [-0.05, 0) is 64.2 Å². The second kappa shape index (κ2) is 31.9. The van der Waals surface area contributed by atoms with E-state index in [1.54, 1.807) is 0 Å². The first-order chi connectivity index (χ1) is 22.2. The molecule has 1 rings (SSSR count). The minimum Gasteiger partial charge on any atom is -0.326 e. The van der Waals surface area contributed by atoms with Gasteiger partial charge in [0.1, 0.15) is 6.17 Å². The Morgan fingerprint density at radius 3 is 1.33 bits per heavy atom. The number of likely N-dealkylation sites (N-methyl/N-ethyl adjacent to an activating group) is 1. The molecule has 1 saturated heterocycles. The molecule has 1 heterocycles. The molecule has 3 heteroatoms. The van der Waals surface area contributed by atoms with Crippen LogP contribution in [0.1, 0.15) is 200 Å². The van der Waals surface area contributed by atoms with Gasteiger partial charge in [0, 0.05) is 19.5 Å². The third-order valence-corrected chi connectivity index (χ3v) is 10.6. The van der Waals surface area contributed by atoms with Crippen LogP contribution in [-0.2, 0) is 0 Å². The van der Waals surface area contributed by atoms with Crippen LogP contribution >= 0.6 is 0 Å². The van der Waals surface area contributed by atoms with Crippen LogP contribution in [0.5, 0.6) is 0 Å². The van der Waals surface area contributed by atoms with E-state index in [9.17, 15) is 0 Å². The maximum absolute atomic E-state index is 6.09. The Kier molecular flexibility index (Phi) is 30.1. The molecule has 0 saturated carbocycles. The van der Waals surface area contributed by atoms with E-state index in [0.29, 0.717) is 6.17 Å². The van der Waals surface area contributed by atoms with Gasteiger partial charge in [0.25, 0.3) is 0 Å². The molecule has 45 heavy (non-hydrogen) atoms. The van der Waals surface area contributed by atoms with Crippen LogP contribution in [0.4, 0.5) is 0 Å². The third kappa shape index (κ3) is 24.2. The molecular weight excluding hydrogens is 546 g/mol. The van der Waals surface area contributed by atoms with Gasteiger partial charge in [-0.3, -0.25) is 0 Å². The summed E-state index contributed by atoms with van der Waals surface area (Å²) in [5, 5.41) is 0. The summed E-state index contributed by atoms with van der Waals surface area (Å²) in [5.41, 5.74) is 6.09. The van der Waals surface area contributed by atoms with Crippen LogP contribution in [0.15, 0.2) is 24.3 Å². The third-order valence-electron chi connectivity index (χ3n) is 10.6. The summed E-state index contributed by atoms with van der Waals surface area (Å²) in [6.45, 7) is 10.4. The van der Waals surface area contributed by atoms with E-state index >= 15 is 0 Å². The maximum Gasteiger partial charge on any atom is 0.145 e. The number of rotatable bonds is 34. The molecule has 1 aliphatic heterocycles. The van der Waals surface area contributed by atoms with Gasteiger partial charge < -0.3 is 10.2 Å². The summed E-state index contributed by atoms with van der Waals surface area (Å²) in [6, 6.07) is 0. The number of unbranched alkanes of at least 4 members (excludes halogenated alkanes) is 24. The number of nitrogens with two attached hydrogens (primary N) is 1. The predicted octanol–water partition coefficient (Wildman–Crippen LogP) is 12.5. The van der Waals surface area contributed by atoms with Crippen LogP contribution in [0.25, 0.3) is 0 Å². The molecule has 2 unspecified atom stereocenters. The smallest absolute Gasteiger partial charge is 0.145 e. The van der Waals surface area contributed by atoms with Gasteiger partial charge in [-0.15, -0.1) is 0 Å². The molecule has 3 nitrogen and oxygen atoms in total. The van der Waals surface area contributed by atoms with Crippen molar-refractivity contribution in [1.29, 1.82) is 0 Å². The Hall–Kier alpha value is -0.640. The average Bonchev–Trinajstić information content (AvgIpc) is 3.35. The summed E-state index contributed by atoms with van der Waals surface area (Å²) in [6.07, 6.45) is 50.8. The second-order valence-corrected chi connectivity index (χ2v) is 14.9. The van der Waals surface area contributed by atoms with Crippen molar-refractivity contribution in [2.75, 3.05) is 39.8 Å². The summed E-state index contributed by atoms with van der Waals surface area (Å²) < 4.78 is 1.19. The largest absolute Gasteiger partial charge is 0.326 e. The summed E-state index contributed by atoms with van der Waals surface area (Å²) in [5.74, 6) is 0. The molecule has 1 aliphatic rings. The summed E-state index contributed by atoms with van der Waals surface area (Å²) >= 11 is 0. The molecule has 0 radical (unpaired) electrons. The Balaban J connectivity index is 2.06. The van der Waals surface area contributed by atoms with E-state index in [1.807, 2.05) is 0 Å². The minimum atomic E-state index is 0.702. The first kappa shape index (κ1) is 42.4. The highest BCUT2D eigenvalue weighted by Gasteiger charge is 2.42. The van der Waals surface area contributed by atoms with E-state index in [0.717, 1.165) is 13.1 Å². The van der Waals surface area contributed by atoms with Crippen molar-refractivity contribution in [3.8, 4) is 0 Å². The zero-order valence-electron chi connectivity index (χ0n) is 31.4. The normalized spacial score (nSPS) is 19.2. The van der Waals surface area contributed by atoms with E-state index in [4.69, 9.17) is 5.73 Å². The van der Waals surface area contributed by atoms with Crippen molar-refractivity contribution in [2.24, 2.45) is 5.73 Å². The topological polar surface area (TPSA) is 29.3 Å². The van der Waals surface area contributed by atoms with E-state index in [2.05, 4.69) is 50.1 Å². The van der Waals surface area contributed by atoms with Crippen LogP contribution in [-0.4, -0.2) is 55.3 Å².